The molecule has 0 aliphatic carbocycles. The van der Waals surface area contributed by atoms with Crippen LogP contribution in [-0.2, 0) is 19.8 Å². The first-order valence-corrected chi connectivity index (χ1v) is 12.8. The van der Waals surface area contributed by atoms with Crippen molar-refractivity contribution in [1.29, 1.82) is 0 Å². The number of hydrogen-bond donors (Lipinski definition) is 3. The highest BCUT2D eigenvalue weighted by Gasteiger charge is 2.48. The number of esters is 1. The zero-order chi connectivity index (χ0) is 27.2. The molecular formula is C32H30O7. The summed E-state index contributed by atoms with van der Waals surface area (Å²) in [6, 6.07) is 37.3. The van der Waals surface area contributed by atoms with Crippen molar-refractivity contribution in [3.63, 3.8) is 0 Å². The summed E-state index contributed by atoms with van der Waals surface area (Å²) in [5, 5.41) is 32.2. The third-order valence-corrected chi connectivity index (χ3v) is 6.92. The highest BCUT2D eigenvalue weighted by atomic mass is 16.7. The molecule has 1 aliphatic heterocycles. The second kappa shape index (κ2) is 11.9. The average Bonchev–Trinajstić information content (AvgIpc) is 3.00. The lowest BCUT2D eigenvalue weighted by Crippen LogP contribution is -2.60. The van der Waals surface area contributed by atoms with Crippen LogP contribution in [0.25, 0.3) is 0 Å². The Balaban J connectivity index is 1.47. The molecule has 0 unspecified atom stereocenters. The Kier molecular flexibility index (Phi) is 8.16. The van der Waals surface area contributed by atoms with E-state index >= 15 is 0 Å². The van der Waals surface area contributed by atoms with Crippen molar-refractivity contribution in [1.82, 2.24) is 0 Å². The first-order chi connectivity index (χ1) is 19.0. The van der Waals surface area contributed by atoms with Crippen molar-refractivity contribution in [3.05, 3.63) is 144 Å². The summed E-state index contributed by atoms with van der Waals surface area (Å²) in [5.41, 5.74) is 1.70. The lowest BCUT2D eigenvalue weighted by molar-refractivity contribution is -0.291. The maximum atomic E-state index is 12.7. The van der Waals surface area contributed by atoms with E-state index in [1.165, 1.54) is 0 Å². The molecule has 0 bridgehead atoms. The lowest BCUT2D eigenvalue weighted by atomic mass is 9.80. The zero-order valence-electron chi connectivity index (χ0n) is 21.1. The summed E-state index contributed by atoms with van der Waals surface area (Å²) in [6.45, 7) is -0.191. The molecule has 39 heavy (non-hydrogen) atoms. The molecule has 5 atom stereocenters. The summed E-state index contributed by atoms with van der Waals surface area (Å²) in [4.78, 5) is 12.7. The van der Waals surface area contributed by atoms with Crippen LogP contribution >= 0.6 is 0 Å². The van der Waals surface area contributed by atoms with Gasteiger partial charge in [-0.15, -0.1) is 0 Å². The molecule has 7 nitrogen and oxygen atoms in total. The molecule has 1 saturated heterocycles. The van der Waals surface area contributed by atoms with Crippen molar-refractivity contribution in [2.45, 2.75) is 36.3 Å². The Morgan fingerprint density at radius 1 is 0.667 bits per heavy atom. The van der Waals surface area contributed by atoms with Gasteiger partial charge < -0.3 is 29.5 Å². The Morgan fingerprint density at radius 2 is 1.10 bits per heavy atom. The van der Waals surface area contributed by atoms with Crippen molar-refractivity contribution in [2.75, 3.05) is 6.61 Å². The molecule has 0 spiro atoms. The van der Waals surface area contributed by atoms with Gasteiger partial charge in [0.2, 0.25) is 0 Å². The van der Waals surface area contributed by atoms with E-state index in [-0.39, 0.29) is 12.2 Å². The van der Waals surface area contributed by atoms with E-state index in [1.807, 2.05) is 91.0 Å². The van der Waals surface area contributed by atoms with Crippen LogP contribution in [0.4, 0.5) is 0 Å². The second-order valence-electron chi connectivity index (χ2n) is 9.37. The van der Waals surface area contributed by atoms with Crippen LogP contribution in [0.3, 0.4) is 0 Å². The Hall–Kier alpha value is -3.85. The van der Waals surface area contributed by atoms with E-state index < -0.39 is 42.3 Å². The van der Waals surface area contributed by atoms with Gasteiger partial charge in [0.15, 0.2) is 12.4 Å². The number of carbonyl (C=O) groups excluding carboxylic acids is 1. The molecule has 0 saturated carbocycles. The molecule has 1 heterocycles. The maximum Gasteiger partial charge on any atom is 0.338 e. The molecular weight excluding hydrogens is 496 g/mol. The highest BCUT2D eigenvalue weighted by molar-refractivity contribution is 5.89. The molecule has 1 aliphatic rings. The van der Waals surface area contributed by atoms with Crippen LogP contribution in [-0.4, -0.2) is 58.6 Å². The number of aliphatic hydroxyl groups is 3. The van der Waals surface area contributed by atoms with E-state index in [9.17, 15) is 20.1 Å². The number of rotatable bonds is 8. The highest BCUT2D eigenvalue weighted by Crippen LogP contribution is 2.41. The van der Waals surface area contributed by atoms with Crippen LogP contribution in [0.15, 0.2) is 121 Å². The number of carbonyl (C=O) groups is 1. The van der Waals surface area contributed by atoms with Crippen LogP contribution in [0, 0.1) is 0 Å². The number of benzene rings is 4. The molecule has 3 N–H and O–H groups in total. The number of aliphatic hydroxyl groups excluding tert-OH is 3. The van der Waals surface area contributed by atoms with E-state index in [0.717, 1.165) is 16.7 Å². The maximum absolute atomic E-state index is 12.7. The lowest BCUT2D eigenvalue weighted by Gasteiger charge is -2.42. The van der Waals surface area contributed by atoms with Gasteiger partial charge in [0, 0.05) is 0 Å². The summed E-state index contributed by atoms with van der Waals surface area (Å²) in [5.74, 6) is -0.736. The third-order valence-electron chi connectivity index (χ3n) is 6.92. The smallest absolute Gasteiger partial charge is 0.338 e. The quantitative estimate of drug-likeness (QED) is 0.238. The van der Waals surface area contributed by atoms with Crippen molar-refractivity contribution in [2.24, 2.45) is 0 Å². The molecule has 0 amide bonds. The zero-order valence-corrected chi connectivity index (χ0v) is 21.1. The predicted octanol–water partition coefficient (Wildman–Crippen LogP) is 3.66. The SMILES string of the molecule is O=C(O[C@@H]1[C@@H](O)[C@@H](O)O[C@H](COC(c2ccccc2)(c2ccccc2)c2ccccc2)[C@@H]1O)c1ccccc1. The first kappa shape index (κ1) is 26.7. The van der Waals surface area contributed by atoms with Gasteiger partial charge in [-0.05, 0) is 28.8 Å². The molecule has 4 aromatic carbocycles. The van der Waals surface area contributed by atoms with Gasteiger partial charge in [-0.25, -0.2) is 4.79 Å². The summed E-state index contributed by atoms with van der Waals surface area (Å²) in [7, 11) is 0. The number of ether oxygens (including phenoxy) is 3. The topological polar surface area (TPSA) is 105 Å². The van der Waals surface area contributed by atoms with Crippen molar-refractivity contribution >= 4 is 5.97 Å². The van der Waals surface area contributed by atoms with Gasteiger partial charge in [-0.3, -0.25) is 0 Å². The fourth-order valence-electron chi connectivity index (χ4n) is 4.93. The van der Waals surface area contributed by atoms with Crippen molar-refractivity contribution in [3.8, 4) is 0 Å². The third kappa shape index (κ3) is 5.49. The van der Waals surface area contributed by atoms with Gasteiger partial charge in [0.1, 0.15) is 23.9 Å². The molecule has 5 rings (SSSR count). The summed E-state index contributed by atoms with van der Waals surface area (Å²) in [6.07, 6.45) is -7.38. The Labute approximate surface area is 226 Å². The number of hydrogen-bond acceptors (Lipinski definition) is 7. The van der Waals surface area contributed by atoms with Crippen LogP contribution in [0.2, 0.25) is 0 Å². The van der Waals surface area contributed by atoms with E-state index in [1.54, 1.807) is 30.3 Å². The first-order valence-electron chi connectivity index (χ1n) is 12.8. The van der Waals surface area contributed by atoms with Crippen LogP contribution in [0.5, 0.6) is 0 Å². The van der Waals surface area contributed by atoms with E-state index in [0.29, 0.717) is 0 Å². The fourth-order valence-corrected chi connectivity index (χ4v) is 4.93. The molecule has 0 aromatic heterocycles. The van der Waals surface area contributed by atoms with E-state index in [4.69, 9.17) is 14.2 Å². The standard InChI is InChI=1S/C32H30O7/c33-27-26(38-31(36)28(34)29(27)39-30(35)22-13-5-1-6-14-22)21-37-32(23-15-7-2-8-16-23,24-17-9-3-10-18-24)25-19-11-4-12-20-25/h1-20,26-29,31,33-34,36H,21H2/t26-,27+,28-,29+,31+/m1/s1. The van der Waals surface area contributed by atoms with Gasteiger partial charge in [0.05, 0.1) is 12.2 Å². The summed E-state index contributed by atoms with van der Waals surface area (Å²) < 4.78 is 17.7. The largest absolute Gasteiger partial charge is 0.453 e. The van der Waals surface area contributed by atoms with Gasteiger partial charge in [-0.2, -0.15) is 0 Å². The molecule has 0 radical (unpaired) electrons. The average molecular weight is 527 g/mol. The normalized spacial score (nSPS) is 23.2. The van der Waals surface area contributed by atoms with Crippen LogP contribution in [0.1, 0.15) is 27.0 Å². The Bertz CT molecular complexity index is 1240. The minimum atomic E-state index is -1.70. The van der Waals surface area contributed by atoms with Crippen LogP contribution < -0.4 is 0 Å². The monoisotopic (exact) mass is 526 g/mol. The molecule has 200 valence electrons. The van der Waals surface area contributed by atoms with Gasteiger partial charge in [0.25, 0.3) is 0 Å². The molecule has 7 heteroatoms. The minimum Gasteiger partial charge on any atom is -0.453 e. The van der Waals surface area contributed by atoms with Gasteiger partial charge >= 0.3 is 5.97 Å². The molecule has 4 aromatic rings. The predicted molar refractivity (Wildman–Crippen MR) is 144 cm³/mol. The fraction of sp³-hybridized carbons (Fsp3) is 0.219. The second-order valence-corrected chi connectivity index (χ2v) is 9.37. The van der Waals surface area contributed by atoms with Gasteiger partial charge in [-0.1, -0.05) is 109 Å². The van der Waals surface area contributed by atoms with Crippen molar-refractivity contribution < 1.29 is 34.3 Å². The molecule has 1 fully saturated rings. The van der Waals surface area contributed by atoms with E-state index in [2.05, 4.69) is 0 Å². The minimum absolute atomic E-state index is 0.191. The summed E-state index contributed by atoms with van der Waals surface area (Å²) >= 11 is 0. The Morgan fingerprint density at radius 3 is 1.56 bits per heavy atom.